The van der Waals surface area contributed by atoms with Gasteiger partial charge in [-0.25, -0.2) is 0 Å². The zero-order chi connectivity index (χ0) is 12.5. The van der Waals surface area contributed by atoms with E-state index in [9.17, 15) is 4.79 Å². The van der Waals surface area contributed by atoms with Gasteiger partial charge in [0.25, 0.3) is 0 Å². The van der Waals surface area contributed by atoms with E-state index in [2.05, 4.69) is 5.16 Å². The van der Waals surface area contributed by atoms with Crippen LogP contribution in [0.4, 0.5) is 11.4 Å². The molecule has 0 bridgehead atoms. The molecule has 1 aliphatic heterocycles. The molecule has 5 nitrogen and oxygen atoms in total. The Balaban J connectivity index is 1.96. The van der Waals surface area contributed by atoms with E-state index in [0.717, 1.165) is 28.9 Å². The zero-order valence-corrected chi connectivity index (χ0v) is 9.80. The van der Waals surface area contributed by atoms with Gasteiger partial charge in [0.1, 0.15) is 6.26 Å². The van der Waals surface area contributed by atoms with E-state index in [1.165, 1.54) is 0 Å². The molecule has 0 saturated heterocycles. The summed E-state index contributed by atoms with van der Waals surface area (Å²) in [5.74, 6) is 0.119. The Kier molecular flexibility index (Phi) is 2.51. The number of rotatable bonds is 2. The number of aromatic nitrogens is 1. The van der Waals surface area contributed by atoms with Gasteiger partial charge in [0.2, 0.25) is 5.91 Å². The highest BCUT2D eigenvalue weighted by molar-refractivity contribution is 5.96. The Morgan fingerprint density at radius 3 is 3.06 bits per heavy atom. The van der Waals surface area contributed by atoms with Gasteiger partial charge in [-0.15, -0.1) is 0 Å². The second-order valence-corrected chi connectivity index (χ2v) is 4.40. The van der Waals surface area contributed by atoms with Crippen LogP contribution in [0.5, 0.6) is 0 Å². The van der Waals surface area contributed by atoms with Crippen molar-refractivity contribution < 1.29 is 9.32 Å². The summed E-state index contributed by atoms with van der Waals surface area (Å²) in [4.78, 5) is 13.8. The van der Waals surface area contributed by atoms with Crippen LogP contribution in [0.3, 0.4) is 0 Å². The second kappa shape index (κ2) is 4.18. The van der Waals surface area contributed by atoms with Crippen LogP contribution in [0.2, 0.25) is 0 Å². The summed E-state index contributed by atoms with van der Waals surface area (Å²) >= 11 is 0. The average molecular weight is 243 g/mol. The standard InChI is InChI=1S/C13H13N3O2/c14-11-2-3-12-10(5-11)1-4-13(17)16(12)7-9-6-15-18-8-9/h2-3,5-6,8H,1,4,7,14H2. The predicted molar refractivity (Wildman–Crippen MR) is 66.9 cm³/mol. The number of aryl methyl sites for hydroxylation is 1. The lowest BCUT2D eigenvalue weighted by atomic mass is 10.00. The van der Waals surface area contributed by atoms with Crippen LogP contribution < -0.4 is 10.6 Å². The number of fused-ring (bicyclic) bond motifs is 1. The molecule has 0 aliphatic carbocycles. The minimum atomic E-state index is 0.119. The van der Waals surface area contributed by atoms with E-state index in [1.807, 2.05) is 18.2 Å². The van der Waals surface area contributed by atoms with Crippen molar-refractivity contribution in [3.63, 3.8) is 0 Å². The van der Waals surface area contributed by atoms with E-state index in [0.29, 0.717) is 13.0 Å². The van der Waals surface area contributed by atoms with Gasteiger partial charge in [-0.05, 0) is 30.2 Å². The maximum absolute atomic E-state index is 12.0. The number of carbonyl (C=O) groups is 1. The van der Waals surface area contributed by atoms with Gasteiger partial charge in [0, 0.05) is 23.4 Å². The minimum absolute atomic E-state index is 0.119. The lowest BCUT2D eigenvalue weighted by Gasteiger charge is -2.29. The number of nitrogens with two attached hydrogens (primary N) is 1. The highest BCUT2D eigenvalue weighted by atomic mass is 16.5. The molecule has 5 heteroatoms. The highest BCUT2D eigenvalue weighted by Crippen LogP contribution is 2.30. The summed E-state index contributed by atoms with van der Waals surface area (Å²) in [6, 6.07) is 5.65. The molecule has 0 atom stereocenters. The fourth-order valence-corrected chi connectivity index (χ4v) is 2.24. The summed E-state index contributed by atoms with van der Waals surface area (Å²) in [7, 11) is 0. The molecule has 1 amide bonds. The molecular weight excluding hydrogens is 230 g/mol. The Morgan fingerprint density at radius 2 is 2.28 bits per heavy atom. The summed E-state index contributed by atoms with van der Waals surface area (Å²) in [5, 5.41) is 3.65. The second-order valence-electron chi connectivity index (χ2n) is 4.40. The van der Waals surface area contributed by atoms with Crippen LogP contribution in [-0.4, -0.2) is 11.1 Å². The van der Waals surface area contributed by atoms with Crippen molar-refractivity contribution in [2.24, 2.45) is 0 Å². The molecule has 1 aromatic carbocycles. The first kappa shape index (κ1) is 10.8. The Morgan fingerprint density at radius 1 is 1.39 bits per heavy atom. The number of nitrogens with zero attached hydrogens (tertiary/aromatic N) is 2. The van der Waals surface area contributed by atoms with E-state index >= 15 is 0 Å². The van der Waals surface area contributed by atoms with Crippen LogP contribution in [-0.2, 0) is 17.8 Å². The van der Waals surface area contributed by atoms with Gasteiger partial charge in [0.05, 0.1) is 12.7 Å². The van der Waals surface area contributed by atoms with Crippen LogP contribution in [0.15, 0.2) is 35.2 Å². The summed E-state index contributed by atoms with van der Waals surface area (Å²) < 4.78 is 4.79. The summed E-state index contributed by atoms with van der Waals surface area (Å²) in [6.45, 7) is 0.485. The number of benzene rings is 1. The normalized spacial score (nSPS) is 14.7. The quantitative estimate of drug-likeness (QED) is 0.815. The molecule has 92 valence electrons. The topological polar surface area (TPSA) is 72.4 Å². The maximum atomic E-state index is 12.0. The third-order valence-electron chi connectivity index (χ3n) is 3.13. The molecule has 2 aromatic rings. The molecular formula is C13H13N3O2. The molecule has 1 aliphatic rings. The van der Waals surface area contributed by atoms with E-state index in [-0.39, 0.29) is 5.91 Å². The number of carbonyl (C=O) groups excluding carboxylic acids is 1. The highest BCUT2D eigenvalue weighted by Gasteiger charge is 2.24. The van der Waals surface area contributed by atoms with Crippen molar-refractivity contribution in [3.8, 4) is 0 Å². The smallest absolute Gasteiger partial charge is 0.227 e. The van der Waals surface area contributed by atoms with Crippen LogP contribution in [0, 0.1) is 0 Å². The molecule has 1 aromatic heterocycles. The third kappa shape index (κ3) is 1.84. The number of hydrogen-bond donors (Lipinski definition) is 1. The van der Waals surface area contributed by atoms with Crippen LogP contribution >= 0.6 is 0 Å². The van der Waals surface area contributed by atoms with Gasteiger partial charge in [0.15, 0.2) is 0 Å². The minimum Gasteiger partial charge on any atom is -0.399 e. The lowest BCUT2D eigenvalue weighted by Crippen LogP contribution is -2.34. The average Bonchev–Trinajstić information content (AvgIpc) is 2.86. The molecule has 0 saturated carbocycles. The molecule has 0 unspecified atom stereocenters. The van der Waals surface area contributed by atoms with E-state index in [1.54, 1.807) is 17.4 Å². The molecule has 18 heavy (non-hydrogen) atoms. The molecule has 0 spiro atoms. The molecule has 3 rings (SSSR count). The van der Waals surface area contributed by atoms with Crippen molar-refractivity contribution in [1.29, 1.82) is 0 Å². The lowest BCUT2D eigenvalue weighted by molar-refractivity contribution is -0.119. The van der Waals surface area contributed by atoms with E-state index in [4.69, 9.17) is 10.3 Å². The summed E-state index contributed by atoms with van der Waals surface area (Å²) in [6.07, 6.45) is 4.44. The number of anilines is 2. The maximum Gasteiger partial charge on any atom is 0.227 e. The van der Waals surface area contributed by atoms with Crippen molar-refractivity contribution in [1.82, 2.24) is 5.16 Å². The van der Waals surface area contributed by atoms with Crippen molar-refractivity contribution in [2.75, 3.05) is 10.6 Å². The van der Waals surface area contributed by atoms with E-state index < -0.39 is 0 Å². The van der Waals surface area contributed by atoms with Gasteiger partial charge >= 0.3 is 0 Å². The SMILES string of the molecule is Nc1ccc2c(c1)CCC(=O)N2Cc1cnoc1. The third-order valence-corrected chi connectivity index (χ3v) is 3.13. The molecule has 2 N–H and O–H groups in total. The van der Waals surface area contributed by atoms with Crippen molar-refractivity contribution in [2.45, 2.75) is 19.4 Å². The number of nitrogen functional groups attached to an aromatic ring is 1. The van der Waals surface area contributed by atoms with Crippen molar-refractivity contribution in [3.05, 3.63) is 41.8 Å². The fraction of sp³-hybridized carbons (Fsp3) is 0.231. The Labute approximate surface area is 104 Å². The first-order valence-electron chi connectivity index (χ1n) is 5.81. The van der Waals surface area contributed by atoms with Crippen LogP contribution in [0.1, 0.15) is 17.5 Å². The fourth-order valence-electron chi connectivity index (χ4n) is 2.24. The zero-order valence-electron chi connectivity index (χ0n) is 9.80. The van der Waals surface area contributed by atoms with Gasteiger partial charge in [-0.2, -0.15) is 0 Å². The summed E-state index contributed by atoms with van der Waals surface area (Å²) in [5.41, 5.74) is 9.43. The number of hydrogen-bond acceptors (Lipinski definition) is 4. The van der Waals surface area contributed by atoms with Gasteiger partial charge in [-0.3, -0.25) is 4.79 Å². The Bertz CT molecular complexity index is 578. The first-order valence-corrected chi connectivity index (χ1v) is 5.81. The monoisotopic (exact) mass is 243 g/mol. The largest absolute Gasteiger partial charge is 0.399 e. The number of amides is 1. The molecule has 0 radical (unpaired) electrons. The Hall–Kier alpha value is -2.30. The molecule has 0 fully saturated rings. The van der Waals surface area contributed by atoms with Gasteiger partial charge < -0.3 is 15.2 Å². The van der Waals surface area contributed by atoms with Crippen molar-refractivity contribution >= 4 is 17.3 Å². The molecule has 2 heterocycles. The van der Waals surface area contributed by atoms with Gasteiger partial charge in [-0.1, -0.05) is 5.16 Å². The first-order chi connectivity index (χ1) is 8.74. The van der Waals surface area contributed by atoms with Crippen LogP contribution in [0.25, 0.3) is 0 Å². The predicted octanol–water partition coefficient (Wildman–Crippen LogP) is 1.74.